The summed E-state index contributed by atoms with van der Waals surface area (Å²) in [7, 11) is 0. The van der Waals surface area contributed by atoms with Crippen LogP contribution in [0, 0.1) is 0 Å². The standard InChI is InChI=1S/C24H26N2/c1-3-8-19(9-4-1)18-26-23-12-7-17-25-24(23)22-15-13-21(14-16-22)20-10-5-2-6-11-20/h1-6,8-11,13-16,23-26H,7,12,17-18H2/t23-,24-/m1/s1. The quantitative estimate of drug-likeness (QED) is 0.686. The lowest BCUT2D eigenvalue weighted by Gasteiger charge is -2.34. The second kappa shape index (κ2) is 8.31. The summed E-state index contributed by atoms with van der Waals surface area (Å²) in [6.45, 7) is 2.01. The molecule has 2 heteroatoms. The molecular formula is C24H26N2. The molecule has 26 heavy (non-hydrogen) atoms. The lowest BCUT2D eigenvalue weighted by Crippen LogP contribution is -2.45. The van der Waals surface area contributed by atoms with Crippen LogP contribution in [0.4, 0.5) is 0 Å². The molecule has 132 valence electrons. The SMILES string of the molecule is c1ccc(CN[C@@H]2CCCN[C@@H]2c2ccc(-c3ccccc3)cc2)cc1. The highest BCUT2D eigenvalue weighted by molar-refractivity contribution is 5.63. The van der Waals surface area contributed by atoms with Gasteiger partial charge in [0.05, 0.1) is 0 Å². The van der Waals surface area contributed by atoms with Crippen molar-refractivity contribution in [1.82, 2.24) is 10.6 Å². The minimum absolute atomic E-state index is 0.372. The number of rotatable bonds is 5. The third-order valence-electron chi connectivity index (χ3n) is 5.25. The Bertz CT molecular complexity index is 797. The van der Waals surface area contributed by atoms with Gasteiger partial charge in [-0.25, -0.2) is 0 Å². The van der Waals surface area contributed by atoms with E-state index in [0.29, 0.717) is 12.1 Å². The average Bonchev–Trinajstić information content (AvgIpc) is 2.74. The highest BCUT2D eigenvalue weighted by Crippen LogP contribution is 2.27. The molecule has 0 amide bonds. The van der Waals surface area contributed by atoms with Gasteiger partial charge in [-0.15, -0.1) is 0 Å². The van der Waals surface area contributed by atoms with Crippen LogP contribution in [0.3, 0.4) is 0 Å². The van der Waals surface area contributed by atoms with Gasteiger partial charge in [0.25, 0.3) is 0 Å². The van der Waals surface area contributed by atoms with Crippen molar-refractivity contribution in [3.05, 3.63) is 96.1 Å². The molecule has 2 N–H and O–H groups in total. The van der Waals surface area contributed by atoms with Crippen molar-refractivity contribution in [1.29, 1.82) is 0 Å². The van der Waals surface area contributed by atoms with Gasteiger partial charge in [0.2, 0.25) is 0 Å². The molecule has 2 nitrogen and oxygen atoms in total. The van der Waals surface area contributed by atoms with Crippen LogP contribution in [0.25, 0.3) is 11.1 Å². The Balaban J connectivity index is 1.47. The molecule has 1 saturated heterocycles. The first-order chi connectivity index (χ1) is 12.9. The molecule has 3 aromatic rings. The van der Waals surface area contributed by atoms with Crippen LogP contribution in [-0.4, -0.2) is 12.6 Å². The summed E-state index contributed by atoms with van der Waals surface area (Å²) in [5, 5.41) is 7.49. The highest BCUT2D eigenvalue weighted by Gasteiger charge is 2.25. The Morgan fingerprint density at radius 2 is 1.42 bits per heavy atom. The van der Waals surface area contributed by atoms with Crippen molar-refractivity contribution < 1.29 is 0 Å². The van der Waals surface area contributed by atoms with Crippen LogP contribution in [0.2, 0.25) is 0 Å². The van der Waals surface area contributed by atoms with E-state index in [1.165, 1.54) is 35.1 Å². The third-order valence-corrected chi connectivity index (χ3v) is 5.25. The van der Waals surface area contributed by atoms with Gasteiger partial charge < -0.3 is 10.6 Å². The maximum atomic E-state index is 3.77. The van der Waals surface area contributed by atoms with Crippen molar-refractivity contribution in [2.45, 2.75) is 31.5 Å². The van der Waals surface area contributed by atoms with Crippen molar-refractivity contribution in [2.24, 2.45) is 0 Å². The van der Waals surface area contributed by atoms with Crippen LogP contribution in [0.1, 0.15) is 30.0 Å². The molecule has 0 spiro atoms. The summed E-state index contributed by atoms with van der Waals surface area (Å²) in [5.41, 5.74) is 5.26. The van der Waals surface area contributed by atoms with Gasteiger partial charge in [-0.05, 0) is 41.6 Å². The lowest BCUT2D eigenvalue weighted by molar-refractivity contribution is 0.304. The van der Waals surface area contributed by atoms with E-state index in [-0.39, 0.29) is 0 Å². The molecule has 0 bridgehead atoms. The first kappa shape index (κ1) is 17.0. The smallest absolute Gasteiger partial charge is 0.0476 e. The number of piperidine rings is 1. The van der Waals surface area contributed by atoms with Gasteiger partial charge in [0, 0.05) is 18.6 Å². The largest absolute Gasteiger partial charge is 0.309 e. The molecular weight excluding hydrogens is 316 g/mol. The van der Waals surface area contributed by atoms with E-state index >= 15 is 0 Å². The second-order valence-corrected chi connectivity index (χ2v) is 7.04. The van der Waals surface area contributed by atoms with Crippen LogP contribution in [0.5, 0.6) is 0 Å². The molecule has 0 unspecified atom stereocenters. The van der Waals surface area contributed by atoms with Gasteiger partial charge >= 0.3 is 0 Å². The van der Waals surface area contributed by atoms with Crippen LogP contribution < -0.4 is 10.6 Å². The van der Waals surface area contributed by atoms with Crippen molar-refractivity contribution in [2.75, 3.05) is 6.54 Å². The van der Waals surface area contributed by atoms with Gasteiger partial charge in [0.15, 0.2) is 0 Å². The fourth-order valence-electron chi connectivity index (χ4n) is 3.82. The molecule has 0 radical (unpaired) electrons. The zero-order valence-corrected chi connectivity index (χ0v) is 15.1. The summed E-state index contributed by atoms with van der Waals surface area (Å²) in [5.74, 6) is 0. The molecule has 1 fully saturated rings. The summed E-state index contributed by atoms with van der Waals surface area (Å²) in [6.07, 6.45) is 2.44. The first-order valence-electron chi connectivity index (χ1n) is 9.56. The van der Waals surface area contributed by atoms with Crippen LogP contribution in [-0.2, 0) is 6.54 Å². The summed E-state index contributed by atoms with van der Waals surface area (Å²) in [6, 6.07) is 31.1. The zero-order chi connectivity index (χ0) is 17.6. The highest BCUT2D eigenvalue weighted by atomic mass is 15.0. The zero-order valence-electron chi connectivity index (χ0n) is 15.1. The van der Waals surface area contributed by atoms with E-state index in [2.05, 4.69) is 95.6 Å². The predicted molar refractivity (Wildman–Crippen MR) is 109 cm³/mol. The minimum Gasteiger partial charge on any atom is -0.309 e. The monoisotopic (exact) mass is 342 g/mol. The molecule has 0 saturated carbocycles. The van der Waals surface area contributed by atoms with Gasteiger partial charge in [-0.1, -0.05) is 84.9 Å². The summed E-state index contributed by atoms with van der Waals surface area (Å²) in [4.78, 5) is 0. The maximum Gasteiger partial charge on any atom is 0.0476 e. The fraction of sp³-hybridized carbons (Fsp3) is 0.250. The van der Waals surface area contributed by atoms with Gasteiger partial charge in [-0.2, -0.15) is 0 Å². The number of hydrogen-bond donors (Lipinski definition) is 2. The number of hydrogen-bond acceptors (Lipinski definition) is 2. The maximum absolute atomic E-state index is 3.77. The fourth-order valence-corrected chi connectivity index (χ4v) is 3.82. The molecule has 0 aliphatic carbocycles. The third kappa shape index (κ3) is 4.04. The minimum atomic E-state index is 0.372. The topological polar surface area (TPSA) is 24.1 Å². The molecule has 1 aliphatic heterocycles. The molecule has 1 heterocycles. The Labute approximate surface area is 156 Å². The van der Waals surface area contributed by atoms with E-state index < -0.39 is 0 Å². The molecule has 3 aromatic carbocycles. The first-order valence-corrected chi connectivity index (χ1v) is 9.56. The average molecular weight is 342 g/mol. The molecule has 2 atom stereocenters. The van der Waals surface area contributed by atoms with E-state index in [1.54, 1.807) is 0 Å². The predicted octanol–water partition coefficient (Wildman–Crippen LogP) is 4.94. The Morgan fingerprint density at radius 1 is 0.769 bits per heavy atom. The molecule has 0 aromatic heterocycles. The lowest BCUT2D eigenvalue weighted by atomic mass is 9.91. The van der Waals surface area contributed by atoms with E-state index in [0.717, 1.165) is 13.1 Å². The van der Waals surface area contributed by atoms with Crippen LogP contribution >= 0.6 is 0 Å². The molecule has 1 aliphatic rings. The summed E-state index contributed by atoms with van der Waals surface area (Å²) < 4.78 is 0. The normalized spacial score (nSPS) is 20.0. The number of benzene rings is 3. The van der Waals surface area contributed by atoms with Gasteiger partial charge in [-0.3, -0.25) is 0 Å². The Morgan fingerprint density at radius 3 is 2.15 bits per heavy atom. The van der Waals surface area contributed by atoms with E-state index in [1.807, 2.05) is 0 Å². The van der Waals surface area contributed by atoms with Crippen molar-refractivity contribution in [3.8, 4) is 11.1 Å². The Kier molecular flexibility index (Phi) is 5.44. The van der Waals surface area contributed by atoms with E-state index in [4.69, 9.17) is 0 Å². The van der Waals surface area contributed by atoms with E-state index in [9.17, 15) is 0 Å². The second-order valence-electron chi connectivity index (χ2n) is 7.04. The Hall–Kier alpha value is -2.42. The van der Waals surface area contributed by atoms with Gasteiger partial charge in [0.1, 0.15) is 0 Å². The molecule has 4 rings (SSSR count). The summed E-state index contributed by atoms with van der Waals surface area (Å²) >= 11 is 0. The van der Waals surface area contributed by atoms with Crippen LogP contribution in [0.15, 0.2) is 84.9 Å². The van der Waals surface area contributed by atoms with Crippen molar-refractivity contribution >= 4 is 0 Å². The van der Waals surface area contributed by atoms with Crippen molar-refractivity contribution in [3.63, 3.8) is 0 Å². The number of nitrogens with one attached hydrogen (secondary N) is 2.